The molecule has 0 N–H and O–H groups in total. The van der Waals surface area contributed by atoms with E-state index in [4.69, 9.17) is 0 Å². The number of benzene rings is 1. The summed E-state index contributed by atoms with van der Waals surface area (Å²) in [6.07, 6.45) is 4.67. The molecule has 1 aliphatic rings. The zero-order chi connectivity index (χ0) is 13.2. The number of fused-ring (bicyclic) bond motifs is 1. The van der Waals surface area contributed by atoms with Crippen LogP contribution in [0.2, 0.25) is 0 Å². The van der Waals surface area contributed by atoms with Crippen LogP contribution >= 0.6 is 0 Å². The normalized spacial score (nSPS) is 16.6. The molecule has 1 aromatic heterocycles. The number of carbonyl (C=O) groups is 1. The Morgan fingerprint density at radius 1 is 1.11 bits per heavy atom. The molecule has 2 aromatic rings. The van der Waals surface area contributed by atoms with Crippen molar-refractivity contribution in [3.63, 3.8) is 0 Å². The van der Waals surface area contributed by atoms with Crippen molar-refractivity contribution in [2.45, 2.75) is 25.7 Å². The van der Waals surface area contributed by atoms with Gasteiger partial charge in [0, 0.05) is 20.1 Å². The molecule has 2 heterocycles. The van der Waals surface area contributed by atoms with E-state index >= 15 is 0 Å². The molecule has 1 saturated heterocycles. The number of amides is 1. The molecule has 1 amide bonds. The van der Waals surface area contributed by atoms with Crippen LogP contribution in [0.3, 0.4) is 0 Å². The van der Waals surface area contributed by atoms with Gasteiger partial charge in [-0.2, -0.15) is 0 Å². The molecule has 0 bridgehead atoms. The molecule has 1 aliphatic heterocycles. The van der Waals surface area contributed by atoms with E-state index in [1.54, 1.807) is 0 Å². The van der Waals surface area contributed by atoms with E-state index in [2.05, 4.69) is 4.98 Å². The summed E-state index contributed by atoms with van der Waals surface area (Å²) in [6, 6.07) is 7.88. The molecule has 0 saturated carbocycles. The molecule has 1 aromatic carbocycles. The molecular formula is C15H19N3O. The SMILES string of the molecule is Cn1c(C(=O)N2CCCCCC2)nc2ccccc21. The van der Waals surface area contributed by atoms with Gasteiger partial charge in [-0.05, 0) is 25.0 Å². The Hall–Kier alpha value is -1.84. The molecule has 4 nitrogen and oxygen atoms in total. The minimum absolute atomic E-state index is 0.0700. The maximum atomic E-state index is 12.6. The second kappa shape index (κ2) is 5.03. The van der Waals surface area contributed by atoms with Crippen molar-refractivity contribution in [2.24, 2.45) is 7.05 Å². The van der Waals surface area contributed by atoms with Gasteiger partial charge in [0.05, 0.1) is 11.0 Å². The highest BCUT2D eigenvalue weighted by molar-refractivity contribution is 5.94. The van der Waals surface area contributed by atoms with E-state index < -0.39 is 0 Å². The van der Waals surface area contributed by atoms with Crippen LogP contribution in [0.5, 0.6) is 0 Å². The van der Waals surface area contributed by atoms with Gasteiger partial charge in [-0.3, -0.25) is 4.79 Å². The van der Waals surface area contributed by atoms with Crippen LogP contribution in [0.25, 0.3) is 11.0 Å². The monoisotopic (exact) mass is 257 g/mol. The van der Waals surface area contributed by atoms with Crippen molar-refractivity contribution in [3.8, 4) is 0 Å². The highest BCUT2D eigenvalue weighted by Gasteiger charge is 2.22. The fraction of sp³-hybridized carbons (Fsp3) is 0.467. The third kappa shape index (κ3) is 2.23. The number of carbonyl (C=O) groups excluding carboxylic acids is 1. The summed E-state index contributed by atoms with van der Waals surface area (Å²) in [7, 11) is 1.92. The average molecular weight is 257 g/mol. The predicted octanol–water partition coefficient (Wildman–Crippen LogP) is 2.59. The number of rotatable bonds is 1. The van der Waals surface area contributed by atoms with Gasteiger partial charge >= 0.3 is 0 Å². The summed E-state index contributed by atoms with van der Waals surface area (Å²) >= 11 is 0. The van der Waals surface area contributed by atoms with Crippen molar-refractivity contribution in [1.29, 1.82) is 0 Å². The van der Waals surface area contributed by atoms with E-state index in [9.17, 15) is 4.79 Å². The quantitative estimate of drug-likeness (QED) is 0.787. The number of hydrogen-bond donors (Lipinski definition) is 0. The van der Waals surface area contributed by atoms with Gasteiger partial charge in [-0.1, -0.05) is 25.0 Å². The average Bonchev–Trinajstić information content (AvgIpc) is 2.64. The smallest absolute Gasteiger partial charge is 0.289 e. The minimum Gasteiger partial charge on any atom is -0.336 e. The Kier molecular flexibility index (Phi) is 3.23. The van der Waals surface area contributed by atoms with Crippen molar-refractivity contribution in [3.05, 3.63) is 30.1 Å². The fourth-order valence-electron chi connectivity index (χ4n) is 2.75. The topological polar surface area (TPSA) is 38.1 Å². The van der Waals surface area contributed by atoms with Crippen molar-refractivity contribution < 1.29 is 4.79 Å². The highest BCUT2D eigenvalue weighted by atomic mass is 16.2. The van der Waals surface area contributed by atoms with Crippen LogP contribution < -0.4 is 0 Å². The van der Waals surface area contributed by atoms with E-state index in [-0.39, 0.29) is 5.91 Å². The molecule has 100 valence electrons. The lowest BCUT2D eigenvalue weighted by Crippen LogP contribution is -2.33. The summed E-state index contributed by atoms with van der Waals surface area (Å²) in [4.78, 5) is 19.0. The fourth-order valence-corrected chi connectivity index (χ4v) is 2.75. The lowest BCUT2D eigenvalue weighted by molar-refractivity contribution is 0.0746. The van der Waals surface area contributed by atoms with Gasteiger partial charge in [0.25, 0.3) is 5.91 Å². The van der Waals surface area contributed by atoms with Gasteiger partial charge in [0.1, 0.15) is 0 Å². The first-order valence-electron chi connectivity index (χ1n) is 6.98. The molecular weight excluding hydrogens is 238 g/mol. The molecule has 3 rings (SSSR count). The maximum Gasteiger partial charge on any atom is 0.289 e. The summed E-state index contributed by atoms with van der Waals surface area (Å²) in [5.41, 5.74) is 1.91. The summed E-state index contributed by atoms with van der Waals surface area (Å²) in [5.74, 6) is 0.628. The zero-order valence-corrected chi connectivity index (χ0v) is 11.3. The van der Waals surface area contributed by atoms with E-state index in [1.807, 2.05) is 40.8 Å². The van der Waals surface area contributed by atoms with E-state index in [0.29, 0.717) is 5.82 Å². The summed E-state index contributed by atoms with van der Waals surface area (Å²) in [6.45, 7) is 1.73. The second-order valence-electron chi connectivity index (χ2n) is 5.19. The number of nitrogens with zero attached hydrogens (tertiary/aromatic N) is 3. The number of likely N-dealkylation sites (tertiary alicyclic amines) is 1. The zero-order valence-electron chi connectivity index (χ0n) is 11.3. The first kappa shape index (κ1) is 12.2. The standard InChI is InChI=1S/C15H19N3O/c1-17-13-9-5-4-8-12(13)16-14(17)15(19)18-10-6-2-3-7-11-18/h4-5,8-9H,2-3,6-7,10-11H2,1H3. The van der Waals surface area contributed by atoms with E-state index in [0.717, 1.165) is 37.0 Å². The van der Waals surface area contributed by atoms with Gasteiger partial charge in [0.15, 0.2) is 5.82 Å². The number of aromatic nitrogens is 2. The number of aryl methyl sites for hydroxylation is 1. The van der Waals surface area contributed by atoms with Crippen molar-refractivity contribution >= 4 is 16.9 Å². The molecule has 0 aliphatic carbocycles. The van der Waals surface area contributed by atoms with E-state index in [1.165, 1.54) is 12.8 Å². The van der Waals surface area contributed by atoms with Crippen molar-refractivity contribution in [2.75, 3.05) is 13.1 Å². The number of imidazole rings is 1. The third-order valence-corrected chi connectivity index (χ3v) is 3.87. The molecule has 0 unspecified atom stereocenters. The Morgan fingerprint density at radius 2 is 1.79 bits per heavy atom. The number of para-hydroxylation sites is 2. The molecule has 0 atom stereocenters. The summed E-state index contributed by atoms with van der Waals surface area (Å²) < 4.78 is 1.91. The van der Waals surface area contributed by atoms with Crippen LogP contribution in [0.1, 0.15) is 36.3 Å². The largest absolute Gasteiger partial charge is 0.336 e. The molecule has 0 spiro atoms. The predicted molar refractivity (Wildman–Crippen MR) is 75.1 cm³/mol. The second-order valence-corrected chi connectivity index (χ2v) is 5.19. The minimum atomic E-state index is 0.0700. The van der Waals surface area contributed by atoms with Gasteiger partial charge in [-0.25, -0.2) is 4.98 Å². The number of hydrogen-bond acceptors (Lipinski definition) is 2. The molecule has 4 heteroatoms. The van der Waals surface area contributed by atoms with Crippen LogP contribution in [0.4, 0.5) is 0 Å². The first-order chi connectivity index (χ1) is 9.27. The Balaban J connectivity index is 1.94. The highest BCUT2D eigenvalue weighted by Crippen LogP contribution is 2.17. The molecule has 0 radical (unpaired) electrons. The Bertz CT molecular complexity index is 594. The van der Waals surface area contributed by atoms with Crippen LogP contribution in [0.15, 0.2) is 24.3 Å². The van der Waals surface area contributed by atoms with Gasteiger partial charge in [-0.15, -0.1) is 0 Å². The molecule has 1 fully saturated rings. The van der Waals surface area contributed by atoms with Crippen LogP contribution in [0, 0.1) is 0 Å². The maximum absolute atomic E-state index is 12.6. The third-order valence-electron chi connectivity index (χ3n) is 3.87. The lowest BCUT2D eigenvalue weighted by Gasteiger charge is -2.19. The van der Waals surface area contributed by atoms with Crippen LogP contribution in [-0.4, -0.2) is 33.4 Å². The first-order valence-corrected chi connectivity index (χ1v) is 6.98. The Morgan fingerprint density at radius 3 is 2.47 bits per heavy atom. The van der Waals surface area contributed by atoms with Crippen molar-refractivity contribution in [1.82, 2.24) is 14.5 Å². The van der Waals surface area contributed by atoms with Gasteiger partial charge < -0.3 is 9.47 Å². The van der Waals surface area contributed by atoms with Crippen LogP contribution in [-0.2, 0) is 7.05 Å². The van der Waals surface area contributed by atoms with Gasteiger partial charge in [0.2, 0.25) is 0 Å². The lowest BCUT2D eigenvalue weighted by atomic mass is 10.2. The Labute approximate surface area is 113 Å². The molecule has 19 heavy (non-hydrogen) atoms. The summed E-state index contributed by atoms with van der Waals surface area (Å²) in [5, 5.41) is 0.